The molecular formula is C28H32FNO5S. The van der Waals surface area contributed by atoms with Crippen LogP contribution in [-0.2, 0) is 16.1 Å². The number of thiophene rings is 1. The number of aliphatic hydroxyl groups is 2. The molecule has 1 aromatic carbocycles. The molecule has 0 unspecified atom stereocenters. The molecule has 2 aliphatic rings. The van der Waals surface area contributed by atoms with Gasteiger partial charge in [-0.05, 0) is 67.3 Å². The molecule has 4 rings (SSSR count). The Kier molecular flexibility index (Phi) is 8.07. The van der Waals surface area contributed by atoms with Crippen molar-refractivity contribution in [3.05, 3.63) is 68.7 Å². The number of carbonyl (C=O) groups excluding carboxylic acids is 2. The lowest BCUT2D eigenvalue weighted by Crippen LogP contribution is -2.39. The van der Waals surface area contributed by atoms with Crippen LogP contribution in [0.1, 0.15) is 50.0 Å². The number of amides is 2. The SMILES string of the molecule is CCC1=C([C@H](O)CC/C(C)=C/c2ccc(O)c(F)c2)[C@H](CO)[C@@H]2C(=O)N(Cc3cccs3)C(=O)[C@@H]2C1. The predicted molar refractivity (Wildman–Crippen MR) is 136 cm³/mol. The standard InChI is InChI=1S/C28H32FNO5S/c1-3-18-13-20-26(28(35)30(27(20)34)14-19-5-4-10-36-19)21(15-31)25(18)24(33)8-6-16(2)11-17-7-9-23(32)22(29)12-17/h4-5,7,9-12,20-21,24,26,31-33H,3,6,8,13-15H2,1-2H3/b16-11+/t20-,21+,24-,26-/m1/s1. The van der Waals surface area contributed by atoms with E-state index in [0.29, 0.717) is 36.8 Å². The highest BCUT2D eigenvalue weighted by Gasteiger charge is 2.54. The predicted octanol–water partition coefficient (Wildman–Crippen LogP) is 4.66. The fourth-order valence-corrected chi connectivity index (χ4v) is 6.26. The van der Waals surface area contributed by atoms with Crippen molar-refractivity contribution < 1.29 is 29.3 Å². The van der Waals surface area contributed by atoms with Crippen molar-refractivity contribution in [3.63, 3.8) is 0 Å². The summed E-state index contributed by atoms with van der Waals surface area (Å²) in [6, 6.07) is 7.94. The van der Waals surface area contributed by atoms with Crippen LogP contribution in [0.25, 0.3) is 6.08 Å². The number of nitrogens with zero attached hydrogens (tertiary/aromatic N) is 1. The van der Waals surface area contributed by atoms with Crippen molar-refractivity contribution in [2.24, 2.45) is 17.8 Å². The van der Waals surface area contributed by atoms with E-state index >= 15 is 0 Å². The maximum absolute atomic E-state index is 13.6. The van der Waals surface area contributed by atoms with E-state index in [9.17, 15) is 29.3 Å². The highest BCUT2D eigenvalue weighted by Crippen LogP contribution is 2.47. The Hall–Kier alpha value is -2.81. The van der Waals surface area contributed by atoms with Gasteiger partial charge in [-0.1, -0.05) is 36.3 Å². The summed E-state index contributed by atoms with van der Waals surface area (Å²) in [6.07, 6.45) is 2.86. The number of hydrogen-bond acceptors (Lipinski definition) is 6. The smallest absolute Gasteiger partial charge is 0.234 e. The van der Waals surface area contributed by atoms with Crippen LogP contribution >= 0.6 is 11.3 Å². The van der Waals surface area contributed by atoms with Gasteiger partial charge in [-0.25, -0.2) is 4.39 Å². The van der Waals surface area contributed by atoms with E-state index < -0.39 is 35.4 Å². The van der Waals surface area contributed by atoms with E-state index in [1.54, 1.807) is 12.1 Å². The monoisotopic (exact) mass is 513 g/mol. The number of halogens is 1. The van der Waals surface area contributed by atoms with E-state index in [1.165, 1.54) is 28.4 Å². The van der Waals surface area contributed by atoms with E-state index in [0.717, 1.165) is 16.0 Å². The Balaban J connectivity index is 1.52. The molecule has 0 radical (unpaired) electrons. The number of likely N-dealkylation sites (tertiary alicyclic amines) is 1. The van der Waals surface area contributed by atoms with Gasteiger partial charge in [0.15, 0.2) is 11.6 Å². The quantitative estimate of drug-likeness (QED) is 0.335. The molecule has 192 valence electrons. The molecule has 8 heteroatoms. The highest BCUT2D eigenvalue weighted by atomic mass is 32.1. The number of imide groups is 1. The topological polar surface area (TPSA) is 98.1 Å². The van der Waals surface area contributed by atoms with Gasteiger partial charge in [0.25, 0.3) is 0 Å². The average molecular weight is 514 g/mol. The van der Waals surface area contributed by atoms with Gasteiger partial charge in [0.2, 0.25) is 11.8 Å². The summed E-state index contributed by atoms with van der Waals surface area (Å²) in [4.78, 5) is 28.8. The van der Waals surface area contributed by atoms with Crippen molar-refractivity contribution in [3.8, 4) is 5.75 Å². The third-order valence-corrected chi connectivity index (χ3v) is 8.21. The lowest BCUT2D eigenvalue weighted by atomic mass is 9.67. The number of phenols is 1. The molecule has 1 aliphatic heterocycles. The molecule has 2 amide bonds. The fraction of sp³-hybridized carbons (Fsp3) is 0.429. The maximum atomic E-state index is 13.6. The van der Waals surface area contributed by atoms with E-state index in [2.05, 4.69) is 0 Å². The van der Waals surface area contributed by atoms with Crippen molar-refractivity contribution in [2.45, 2.75) is 52.2 Å². The number of rotatable bonds is 9. The molecule has 36 heavy (non-hydrogen) atoms. The molecule has 1 saturated heterocycles. The molecule has 1 fully saturated rings. The molecule has 1 aromatic heterocycles. The maximum Gasteiger partial charge on any atom is 0.234 e. The molecule has 2 heterocycles. The Morgan fingerprint density at radius 1 is 1.28 bits per heavy atom. The van der Waals surface area contributed by atoms with Crippen molar-refractivity contribution in [2.75, 3.05) is 6.61 Å². The molecule has 6 nitrogen and oxygen atoms in total. The minimum atomic E-state index is -0.868. The van der Waals surface area contributed by atoms with Crippen LogP contribution in [0.2, 0.25) is 0 Å². The minimum Gasteiger partial charge on any atom is -0.505 e. The fourth-order valence-electron chi connectivity index (χ4n) is 5.57. The van der Waals surface area contributed by atoms with Gasteiger partial charge in [-0.2, -0.15) is 0 Å². The van der Waals surface area contributed by atoms with Gasteiger partial charge in [-0.3, -0.25) is 14.5 Å². The van der Waals surface area contributed by atoms with Crippen LogP contribution in [-0.4, -0.2) is 44.7 Å². The van der Waals surface area contributed by atoms with Gasteiger partial charge in [0, 0.05) is 10.8 Å². The first-order valence-electron chi connectivity index (χ1n) is 12.3. The van der Waals surface area contributed by atoms with Crippen LogP contribution in [0, 0.1) is 23.6 Å². The summed E-state index contributed by atoms with van der Waals surface area (Å²) in [7, 11) is 0. The summed E-state index contributed by atoms with van der Waals surface area (Å²) < 4.78 is 13.6. The van der Waals surface area contributed by atoms with Crippen LogP contribution in [0.5, 0.6) is 5.75 Å². The summed E-state index contributed by atoms with van der Waals surface area (Å²) in [5.41, 5.74) is 3.15. The Morgan fingerprint density at radius 2 is 2.06 bits per heavy atom. The second kappa shape index (κ2) is 11.1. The van der Waals surface area contributed by atoms with Crippen LogP contribution in [0.15, 0.2) is 52.4 Å². The molecule has 0 spiro atoms. The normalized spacial score (nSPS) is 23.4. The first-order chi connectivity index (χ1) is 17.2. The van der Waals surface area contributed by atoms with Gasteiger partial charge in [0.05, 0.1) is 31.1 Å². The van der Waals surface area contributed by atoms with Gasteiger partial charge in [-0.15, -0.1) is 11.3 Å². The van der Waals surface area contributed by atoms with Crippen LogP contribution in [0.4, 0.5) is 4.39 Å². The third kappa shape index (κ3) is 5.16. The first kappa shape index (κ1) is 26.3. The zero-order chi connectivity index (χ0) is 26.0. The van der Waals surface area contributed by atoms with E-state index in [4.69, 9.17) is 0 Å². The summed E-state index contributed by atoms with van der Waals surface area (Å²) in [5.74, 6) is -3.35. The van der Waals surface area contributed by atoms with Crippen molar-refractivity contribution in [1.29, 1.82) is 0 Å². The molecular weight excluding hydrogens is 481 g/mol. The van der Waals surface area contributed by atoms with Crippen molar-refractivity contribution >= 4 is 29.2 Å². The van der Waals surface area contributed by atoms with Gasteiger partial charge in [0.1, 0.15) is 0 Å². The minimum absolute atomic E-state index is 0.198. The van der Waals surface area contributed by atoms with Crippen LogP contribution < -0.4 is 0 Å². The first-order valence-corrected chi connectivity index (χ1v) is 13.2. The molecule has 2 aromatic rings. The number of aromatic hydroxyl groups is 1. The largest absolute Gasteiger partial charge is 0.505 e. The number of benzene rings is 1. The second-order valence-corrected chi connectivity index (χ2v) is 10.7. The molecule has 0 bridgehead atoms. The summed E-state index contributed by atoms with van der Waals surface area (Å²) >= 11 is 1.49. The zero-order valence-electron chi connectivity index (χ0n) is 20.5. The van der Waals surface area contributed by atoms with Crippen LogP contribution in [0.3, 0.4) is 0 Å². The summed E-state index contributed by atoms with van der Waals surface area (Å²) in [5, 5.41) is 32.8. The van der Waals surface area contributed by atoms with Crippen molar-refractivity contribution in [1.82, 2.24) is 4.90 Å². The number of fused-ring (bicyclic) bond motifs is 1. The highest BCUT2D eigenvalue weighted by molar-refractivity contribution is 7.09. The zero-order valence-corrected chi connectivity index (χ0v) is 21.3. The number of aliphatic hydroxyl groups excluding tert-OH is 2. The van der Waals surface area contributed by atoms with E-state index in [-0.39, 0.29) is 25.0 Å². The number of phenolic OH excluding ortho intramolecular Hbond substituents is 1. The Bertz CT molecular complexity index is 1190. The number of carbonyl (C=O) groups is 2. The average Bonchev–Trinajstić information content (AvgIpc) is 3.46. The molecule has 3 N–H and O–H groups in total. The molecule has 1 aliphatic carbocycles. The van der Waals surface area contributed by atoms with Gasteiger partial charge < -0.3 is 15.3 Å². The second-order valence-electron chi connectivity index (χ2n) is 9.64. The van der Waals surface area contributed by atoms with E-state index in [1.807, 2.05) is 31.4 Å². The third-order valence-electron chi connectivity index (χ3n) is 7.35. The Morgan fingerprint density at radius 3 is 2.69 bits per heavy atom. The lowest BCUT2D eigenvalue weighted by molar-refractivity contribution is -0.140. The Labute approximate surface area is 214 Å². The van der Waals surface area contributed by atoms with Gasteiger partial charge >= 0.3 is 0 Å². The number of allylic oxidation sites excluding steroid dienone is 2. The lowest BCUT2D eigenvalue weighted by Gasteiger charge is -2.36. The summed E-state index contributed by atoms with van der Waals surface area (Å²) in [6.45, 7) is 3.77. The molecule has 4 atom stereocenters. The molecule has 0 saturated carbocycles. The number of hydrogen-bond donors (Lipinski definition) is 3.